The smallest absolute Gasteiger partial charge is 0.251 e. The molecular weight excluding hydrogens is 308 g/mol. The van der Waals surface area contributed by atoms with Gasteiger partial charge in [0, 0.05) is 31.0 Å². The summed E-state index contributed by atoms with van der Waals surface area (Å²) < 4.78 is 2.54. The van der Waals surface area contributed by atoms with Crippen LogP contribution < -0.4 is 5.32 Å². The monoisotopic (exact) mass is 322 g/mol. The maximum absolute atomic E-state index is 11.8. The molecule has 19 heavy (non-hydrogen) atoms. The van der Waals surface area contributed by atoms with Gasteiger partial charge in [-0.3, -0.25) is 9.48 Å². The molecule has 0 radical (unpaired) electrons. The predicted octanol–water partition coefficient (Wildman–Crippen LogP) is 2.17. The van der Waals surface area contributed by atoms with E-state index in [0.717, 1.165) is 18.5 Å². The molecule has 1 amide bonds. The molecule has 0 unspecified atom stereocenters. The second-order valence-corrected chi connectivity index (χ2v) is 5.07. The summed E-state index contributed by atoms with van der Waals surface area (Å²) in [5.41, 5.74) is 1.75. The van der Waals surface area contributed by atoms with Crippen molar-refractivity contribution in [2.75, 3.05) is 6.54 Å². The van der Waals surface area contributed by atoms with E-state index in [-0.39, 0.29) is 5.91 Å². The molecule has 0 spiro atoms. The third-order valence-electron chi connectivity index (χ3n) is 2.60. The van der Waals surface area contributed by atoms with E-state index in [9.17, 15) is 4.79 Å². The topological polar surface area (TPSA) is 59.8 Å². The van der Waals surface area contributed by atoms with Crippen molar-refractivity contribution in [3.05, 3.63) is 46.5 Å². The van der Waals surface area contributed by atoms with E-state index < -0.39 is 0 Å². The van der Waals surface area contributed by atoms with E-state index in [1.54, 1.807) is 18.3 Å². The zero-order chi connectivity index (χ0) is 13.7. The van der Waals surface area contributed by atoms with Crippen LogP contribution >= 0.6 is 15.9 Å². The van der Waals surface area contributed by atoms with E-state index in [1.807, 2.05) is 24.0 Å². The number of halogens is 1. The van der Waals surface area contributed by atoms with Crippen molar-refractivity contribution in [1.29, 1.82) is 0 Å². The molecule has 0 fully saturated rings. The average Bonchev–Trinajstić information content (AvgIpc) is 2.80. The summed E-state index contributed by atoms with van der Waals surface area (Å²) >= 11 is 3.24. The van der Waals surface area contributed by atoms with Gasteiger partial charge in [0.15, 0.2) is 0 Å². The van der Waals surface area contributed by atoms with E-state index in [2.05, 4.69) is 31.3 Å². The van der Waals surface area contributed by atoms with Crippen LogP contribution in [0.3, 0.4) is 0 Å². The van der Waals surface area contributed by atoms with Gasteiger partial charge in [-0.15, -0.1) is 0 Å². The molecular formula is C13H15BrN4O. The molecule has 2 aromatic heterocycles. The maximum atomic E-state index is 11.8. The number of aromatic nitrogens is 3. The van der Waals surface area contributed by atoms with Gasteiger partial charge < -0.3 is 5.32 Å². The Morgan fingerprint density at radius 2 is 2.37 bits per heavy atom. The Labute approximate surface area is 120 Å². The average molecular weight is 323 g/mol. The summed E-state index contributed by atoms with van der Waals surface area (Å²) in [6.45, 7) is 3.43. The third kappa shape index (κ3) is 4.17. The number of pyridine rings is 1. The first-order valence-corrected chi connectivity index (χ1v) is 6.83. The highest BCUT2D eigenvalue weighted by Gasteiger charge is 2.05. The zero-order valence-electron chi connectivity index (χ0n) is 10.6. The van der Waals surface area contributed by atoms with Crippen LogP contribution in [0.5, 0.6) is 0 Å². The van der Waals surface area contributed by atoms with Crippen molar-refractivity contribution in [3.63, 3.8) is 0 Å². The molecule has 1 N–H and O–H groups in total. The summed E-state index contributed by atoms with van der Waals surface area (Å²) in [7, 11) is 0. The minimum Gasteiger partial charge on any atom is -0.352 e. The minimum absolute atomic E-state index is 0.0836. The van der Waals surface area contributed by atoms with Crippen LogP contribution in [0, 0.1) is 6.92 Å². The van der Waals surface area contributed by atoms with Crippen LogP contribution in [-0.4, -0.2) is 27.2 Å². The number of hydrogen-bond donors (Lipinski definition) is 1. The summed E-state index contributed by atoms with van der Waals surface area (Å²) in [6, 6.07) is 3.39. The zero-order valence-corrected chi connectivity index (χ0v) is 12.2. The van der Waals surface area contributed by atoms with Crippen LogP contribution in [0.1, 0.15) is 22.3 Å². The Kier molecular flexibility index (Phi) is 4.68. The molecule has 0 atom stereocenters. The van der Waals surface area contributed by atoms with Crippen LogP contribution in [-0.2, 0) is 6.54 Å². The molecule has 100 valence electrons. The predicted molar refractivity (Wildman–Crippen MR) is 75.9 cm³/mol. The second kappa shape index (κ2) is 6.47. The van der Waals surface area contributed by atoms with Crippen LogP contribution in [0.4, 0.5) is 0 Å². The van der Waals surface area contributed by atoms with Gasteiger partial charge in [-0.25, -0.2) is 4.98 Å². The lowest BCUT2D eigenvalue weighted by molar-refractivity contribution is 0.0952. The Balaban J connectivity index is 1.75. The third-order valence-corrected chi connectivity index (χ3v) is 3.03. The molecule has 6 heteroatoms. The first-order valence-electron chi connectivity index (χ1n) is 6.04. The van der Waals surface area contributed by atoms with Crippen molar-refractivity contribution < 1.29 is 4.79 Å². The summed E-state index contributed by atoms with van der Waals surface area (Å²) in [4.78, 5) is 15.8. The van der Waals surface area contributed by atoms with Gasteiger partial charge in [-0.05, 0) is 47.0 Å². The normalized spacial score (nSPS) is 10.4. The Morgan fingerprint density at radius 1 is 1.53 bits per heavy atom. The van der Waals surface area contributed by atoms with Crippen molar-refractivity contribution in [1.82, 2.24) is 20.1 Å². The quantitative estimate of drug-likeness (QED) is 0.678. The Bertz CT molecular complexity index is 567. The Hall–Kier alpha value is -1.69. The van der Waals surface area contributed by atoms with Crippen LogP contribution in [0.15, 0.2) is 35.3 Å². The molecule has 2 rings (SSSR count). The second-order valence-electron chi connectivity index (χ2n) is 4.26. The molecule has 5 nitrogen and oxygen atoms in total. The lowest BCUT2D eigenvalue weighted by Gasteiger charge is -2.05. The molecule has 0 saturated heterocycles. The highest BCUT2D eigenvalue weighted by molar-refractivity contribution is 9.10. The minimum atomic E-state index is -0.0836. The van der Waals surface area contributed by atoms with E-state index >= 15 is 0 Å². The van der Waals surface area contributed by atoms with E-state index in [4.69, 9.17) is 0 Å². The fourth-order valence-electron chi connectivity index (χ4n) is 1.68. The van der Waals surface area contributed by atoms with E-state index in [1.165, 1.54) is 0 Å². The Morgan fingerprint density at radius 3 is 3.05 bits per heavy atom. The van der Waals surface area contributed by atoms with Crippen molar-refractivity contribution in [2.45, 2.75) is 19.9 Å². The van der Waals surface area contributed by atoms with Crippen LogP contribution in [0.2, 0.25) is 0 Å². The number of carbonyl (C=O) groups excluding carboxylic acids is 1. The first kappa shape index (κ1) is 13.7. The van der Waals surface area contributed by atoms with Crippen molar-refractivity contribution in [3.8, 4) is 0 Å². The molecule has 0 saturated carbocycles. The summed E-state index contributed by atoms with van der Waals surface area (Å²) in [5, 5.41) is 7.07. The first-order chi connectivity index (χ1) is 9.15. The lowest BCUT2D eigenvalue weighted by atomic mass is 10.2. The number of amides is 1. The fraction of sp³-hybridized carbons (Fsp3) is 0.308. The van der Waals surface area contributed by atoms with Crippen LogP contribution in [0.25, 0.3) is 0 Å². The maximum Gasteiger partial charge on any atom is 0.251 e. The highest BCUT2D eigenvalue weighted by atomic mass is 79.9. The highest BCUT2D eigenvalue weighted by Crippen LogP contribution is 2.07. The van der Waals surface area contributed by atoms with Gasteiger partial charge in [0.2, 0.25) is 0 Å². The van der Waals surface area contributed by atoms with Crippen molar-refractivity contribution >= 4 is 21.8 Å². The molecule has 0 bridgehead atoms. The summed E-state index contributed by atoms with van der Waals surface area (Å²) in [6.07, 6.45) is 6.26. The molecule has 2 aromatic rings. The standard InChI is InChI=1S/C13H15BrN4O/c1-10-8-17-18(9-10)6-2-4-16-13(19)11-3-5-15-12(14)7-11/h3,5,7-9H,2,4,6H2,1H3,(H,16,19). The molecule has 0 aromatic carbocycles. The number of hydrogen-bond acceptors (Lipinski definition) is 3. The van der Waals surface area contributed by atoms with Gasteiger partial charge in [0.05, 0.1) is 6.20 Å². The molecule has 2 heterocycles. The van der Waals surface area contributed by atoms with Gasteiger partial charge >= 0.3 is 0 Å². The largest absolute Gasteiger partial charge is 0.352 e. The number of nitrogens with one attached hydrogen (secondary N) is 1. The van der Waals surface area contributed by atoms with E-state index in [0.29, 0.717) is 16.7 Å². The summed E-state index contributed by atoms with van der Waals surface area (Å²) in [5.74, 6) is -0.0836. The van der Waals surface area contributed by atoms with Gasteiger partial charge in [-0.2, -0.15) is 5.10 Å². The molecule has 0 aliphatic carbocycles. The number of rotatable bonds is 5. The molecule has 0 aliphatic rings. The van der Waals surface area contributed by atoms with Gasteiger partial charge in [0.25, 0.3) is 5.91 Å². The van der Waals surface area contributed by atoms with Gasteiger partial charge in [-0.1, -0.05) is 0 Å². The van der Waals surface area contributed by atoms with Gasteiger partial charge in [0.1, 0.15) is 4.60 Å². The number of nitrogens with zero attached hydrogens (tertiary/aromatic N) is 3. The number of carbonyl (C=O) groups is 1. The molecule has 0 aliphatic heterocycles. The fourth-order valence-corrected chi connectivity index (χ4v) is 2.04. The van der Waals surface area contributed by atoms with Crippen molar-refractivity contribution in [2.24, 2.45) is 0 Å². The lowest BCUT2D eigenvalue weighted by Crippen LogP contribution is -2.25. The number of aryl methyl sites for hydroxylation is 2. The SMILES string of the molecule is Cc1cnn(CCCNC(=O)c2ccnc(Br)c2)c1.